The van der Waals surface area contributed by atoms with Gasteiger partial charge in [0.1, 0.15) is 10.6 Å². The molecule has 0 saturated carbocycles. The number of carbonyl (C=O) groups is 1. The quantitative estimate of drug-likeness (QED) is 0.762. The Hall–Kier alpha value is -1.07. The Bertz CT molecular complexity index is 344. The number of thiophene rings is 1. The molecular weight excluding hydrogens is 214 g/mol. The van der Waals surface area contributed by atoms with Crippen LogP contribution in [0.1, 0.15) is 9.67 Å². The number of carbonyl (C=O) groups excluding carboxylic acids is 1. The van der Waals surface area contributed by atoms with Crippen LogP contribution < -0.4 is 4.74 Å². The van der Waals surface area contributed by atoms with Crippen LogP contribution >= 0.6 is 11.3 Å². The van der Waals surface area contributed by atoms with Gasteiger partial charge in [-0.25, -0.2) is 0 Å². The molecule has 0 atom stereocenters. The number of hydrogen-bond donors (Lipinski definition) is 0. The molecule has 5 heteroatoms. The largest absolute Gasteiger partial charge is 0.495 e. The second-order valence-corrected chi connectivity index (χ2v) is 4.14. The van der Waals surface area contributed by atoms with E-state index in [2.05, 4.69) is 0 Å². The van der Waals surface area contributed by atoms with E-state index in [1.54, 1.807) is 12.0 Å². The average Bonchev–Trinajstić information content (AvgIpc) is 2.77. The summed E-state index contributed by atoms with van der Waals surface area (Å²) in [6.45, 7) is 2.58. The fraction of sp³-hybridized carbons (Fsp3) is 0.500. The molecule has 0 unspecified atom stereocenters. The zero-order valence-corrected chi connectivity index (χ0v) is 9.38. The van der Waals surface area contributed by atoms with E-state index < -0.39 is 0 Å². The summed E-state index contributed by atoms with van der Waals surface area (Å²) in [4.78, 5) is 14.5. The van der Waals surface area contributed by atoms with E-state index in [1.165, 1.54) is 11.3 Å². The van der Waals surface area contributed by atoms with E-state index in [1.807, 2.05) is 11.4 Å². The predicted octanol–water partition coefficient (Wildman–Crippen LogP) is 1.23. The summed E-state index contributed by atoms with van der Waals surface area (Å²) in [5, 5.41) is 1.87. The Morgan fingerprint density at radius 1 is 1.53 bits per heavy atom. The summed E-state index contributed by atoms with van der Waals surface area (Å²) < 4.78 is 10.3. The van der Waals surface area contributed by atoms with Crippen molar-refractivity contribution < 1.29 is 14.3 Å². The number of nitrogens with zero attached hydrogens (tertiary/aromatic N) is 1. The van der Waals surface area contributed by atoms with Crippen LogP contribution in [0.15, 0.2) is 11.4 Å². The van der Waals surface area contributed by atoms with E-state index in [-0.39, 0.29) is 5.91 Å². The van der Waals surface area contributed by atoms with Crippen molar-refractivity contribution in [2.75, 3.05) is 33.4 Å². The maximum atomic E-state index is 12.0. The molecule has 4 nitrogen and oxygen atoms in total. The molecule has 1 aliphatic rings. The summed E-state index contributed by atoms with van der Waals surface area (Å²) >= 11 is 1.42. The lowest BCUT2D eigenvalue weighted by atomic mass is 10.3. The molecule has 0 spiro atoms. The predicted molar refractivity (Wildman–Crippen MR) is 57.6 cm³/mol. The van der Waals surface area contributed by atoms with Crippen molar-refractivity contribution in [1.29, 1.82) is 0 Å². The van der Waals surface area contributed by atoms with Gasteiger partial charge < -0.3 is 14.4 Å². The highest BCUT2D eigenvalue weighted by Crippen LogP contribution is 2.26. The molecule has 0 aromatic carbocycles. The highest BCUT2D eigenvalue weighted by Gasteiger charge is 2.22. The van der Waals surface area contributed by atoms with E-state index in [0.717, 1.165) is 0 Å². The molecule has 0 N–H and O–H groups in total. The first-order valence-corrected chi connectivity index (χ1v) is 5.69. The van der Waals surface area contributed by atoms with E-state index in [9.17, 15) is 4.79 Å². The van der Waals surface area contributed by atoms with Gasteiger partial charge in [-0.1, -0.05) is 0 Å². The van der Waals surface area contributed by atoms with Crippen molar-refractivity contribution in [2.24, 2.45) is 0 Å². The van der Waals surface area contributed by atoms with Gasteiger partial charge in [-0.3, -0.25) is 4.79 Å². The summed E-state index contributed by atoms with van der Waals surface area (Å²) in [5.74, 6) is 0.710. The van der Waals surface area contributed by atoms with Crippen LogP contribution in [0.4, 0.5) is 0 Å². The maximum Gasteiger partial charge on any atom is 0.267 e. The highest BCUT2D eigenvalue weighted by atomic mass is 32.1. The molecule has 0 bridgehead atoms. The van der Waals surface area contributed by atoms with Crippen LogP contribution in [0.2, 0.25) is 0 Å². The summed E-state index contributed by atoms with van der Waals surface area (Å²) in [7, 11) is 1.58. The van der Waals surface area contributed by atoms with Crippen LogP contribution in [-0.2, 0) is 4.74 Å². The average molecular weight is 227 g/mol. The van der Waals surface area contributed by atoms with Crippen molar-refractivity contribution >= 4 is 17.2 Å². The first kappa shape index (κ1) is 10.4. The van der Waals surface area contributed by atoms with Crippen LogP contribution in [0.5, 0.6) is 5.75 Å². The minimum atomic E-state index is 0.0464. The number of amides is 1. The van der Waals surface area contributed by atoms with Gasteiger partial charge in [-0.2, -0.15) is 0 Å². The van der Waals surface area contributed by atoms with Crippen molar-refractivity contribution in [3.05, 3.63) is 16.3 Å². The second-order valence-electron chi connectivity index (χ2n) is 3.22. The molecule has 1 aliphatic heterocycles. The Kier molecular flexibility index (Phi) is 3.23. The number of morpholine rings is 1. The topological polar surface area (TPSA) is 38.8 Å². The lowest BCUT2D eigenvalue weighted by Crippen LogP contribution is -2.40. The maximum absolute atomic E-state index is 12.0. The Morgan fingerprint density at radius 2 is 2.27 bits per heavy atom. The van der Waals surface area contributed by atoms with Gasteiger partial charge in [-0.05, 0) is 11.4 Å². The van der Waals surface area contributed by atoms with Crippen molar-refractivity contribution in [1.82, 2.24) is 4.90 Å². The van der Waals surface area contributed by atoms with Gasteiger partial charge >= 0.3 is 0 Å². The second kappa shape index (κ2) is 4.63. The summed E-state index contributed by atoms with van der Waals surface area (Å²) in [6.07, 6.45) is 0. The van der Waals surface area contributed by atoms with Crippen LogP contribution in [-0.4, -0.2) is 44.2 Å². The molecule has 82 valence electrons. The van der Waals surface area contributed by atoms with Crippen molar-refractivity contribution in [3.8, 4) is 5.75 Å². The zero-order chi connectivity index (χ0) is 10.7. The third-order valence-corrected chi connectivity index (χ3v) is 3.23. The Balaban J connectivity index is 2.12. The standard InChI is InChI=1S/C10H13NO3S/c1-13-8-2-7-15-9(8)10(12)11-3-5-14-6-4-11/h2,7H,3-6H2,1H3. The number of ether oxygens (including phenoxy) is 2. The van der Waals surface area contributed by atoms with E-state index in [0.29, 0.717) is 36.9 Å². The van der Waals surface area contributed by atoms with Gasteiger partial charge in [-0.15, -0.1) is 11.3 Å². The smallest absolute Gasteiger partial charge is 0.267 e. The molecule has 15 heavy (non-hydrogen) atoms. The highest BCUT2D eigenvalue weighted by molar-refractivity contribution is 7.12. The van der Waals surface area contributed by atoms with Gasteiger partial charge in [0.25, 0.3) is 5.91 Å². The third kappa shape index (κ3) is 2.13. The van der Waals surface area contributed by atoms with Crippen LogP contribution in [0, 0.1) is 0 Å². The van der Waals surface area contributed by atoms with Gasteiger partial charge in [0.05, 0.1) is 20.3 Å². The Labute approximate surface area is 92.4 Å². The molecule has 2 rings (SSSR count). The Morgan fingerprint density at radius 3 is 2.93 bits per heavy atom. The number of hydrogen-bond acceptors (Lipinski definition) is 4. The van der Waals surface area contributed by atoms with Crippen LogP contribution in [0.3, 0.4) is 0 Å². The van der Waals surface area contributed by atoms with Crippen molar-refractivity contribution in [2.45, 2.75) is 0 Å². The zero-order valence-electron chi connectivity index (χ0n) is 8.56. The molecule has 1 aromatic heterocycles. The monoisotopic (exact) mass is 227 g/mol. The fourth-order valence-electron chi connectivity index (χ4n) is 1.52. The molecule has 0 aliphatic carbocycles. The van der Waals surface area contributed by atoms with Crippen LogP contribution in [0.25, 0.3) is 0 Å². The van der Waals surface area contributed by atoms with Gasteiger partial charge in [0.2, 0.25) is 0 Å². The summed E-state index contributed by atoms with van der Waals surface area (Å²) in [5.41, 5.74) is 0. The van der Waals surface area contributed by atoms with Gasteiger partial charge in [0.15, 0.2) is 0 Å². The number of methoxy groups -OCH3 is 1. The molecule has 1 amide bonds. The minimum Gasteiger partial charge on any atom is -0.495 e. The third-order valence-electron chi connectivity index (χ3n) is 2.34. The molecule has 1 aromatic rings. The molecular formula is C10H13NO3S. The SMILES string of the molecule is COc1ccsc1C(=O)N1CCOCC1. The molecule has 2 heterocycles. The van der Waals surface area contributed by atoms with Gasteiger partial charge in [0, 0.05) is 13.1 Å². The molecule has 0 radical (unpaired) electrons. The van der Waals surface area contributed by atoms with Crippen molar-refractivity contribution in [3.63, 3.8) is 0 Å². The normalized spacial score (nSPS) is 16.5. The van der Waals surface area contributed by atoms with E-state index in [4.69, 9.17) is 9.47 Å². The van der Waals surface area contributed by atoms with E-state index >= 15 is 0 Å². The number of rotatable bonds is 2. The molecule has 1 fully saturated rings. The fourth-order valence-corrected chi connectivity index (χ4v) is 2.35. The minimum absolute atomic E-state index is 0.0464. The summed E-state index contributed by atoms with van der Waals surface area (Å²) in [6, 6.07) is 1.82. The molecule has 1 saturated heterocycles. The first-order chi connectivity index (χ1) is 7.33. The lowest BCUT2D eigenvalue weighted by Gasteiger charge is -2.26. The lowest BCUT2D eigenvalue weighted by molar-refractivity contribution is 0.0304. The first-order valence-electron chi connectivity index (χ1n) is 4.81.